The summed E-state index contributed by atoms with van der Waals surface area (Å²) in [6.45, 7) is 6.45. The molecule has 2 bridgehead atoms. The van der Waals surface area contributed by atoms with E-state index in [1.54, 1.807) is 0 Å². The average Bonchev–Trinajstić information content (AvgIpc) is 2.24. The summed E-state index contributed by atoms with van der Waals surface area (Å²) in [7, 11) is 2.26. The molecule has 2 heterocycles. The highest BCUT2D eigenvalue weighted by Gasteiger charge is 2.35. The summed E-state index contributed by atoms with van der Waals surface area (Å²) < 4.78 is 5.28. The Hall–Kier alpha value is -0.770. The molecule has 2 unspecified atom stereocenters. The number of carbonyl (C=O) groups excluding carboxylic acids is 1. The Morgan fingerprint density at radius 1 is 1.26 bits per heavy atom. The lowest BCUT2D eigenvalue weighted by Gasteiger charge is -2.47. The van der Waals surface area contributed by atoms with E-state index in [0.29, 0.717) is 5.92 Å². The largest absolute Gasteiger partial charge is 0.444 e. The molecule has 110 valence electrons. The fraction of sp³-hybridized carbons (Fsp3) is 0.933. The molecule has 2 fully saturated rings. The van der Waals surface area contributed by atoms with E-state index in [1.165, 1.54) is 32.1 Å². The molecule has 2 saturated heterocycles. The van der Waals surface area contributed by atoms with Crippen LogP contribution in [-0.4, -0.2) is 42.3 Å². The molecule has 2 rings (SSSR count). The quantitative estimate of drug-likeness (QED) is 0.837. The SMILES string of the molecule is CN1C2CCCC1CC(CNC(=O)OC(C)(C)C)C2. The Morgan fingerprint density at radius 2 is 1.84 bits per heavy atom. The van der Waals surface area contributed by atoms with E-state index in [0.717, 1.165) is 18.6 Å². The van der Waals surface area contributed by atoms with Crippen LogP contribution in [-0.2, 0) is 4.74 Å². The lowest BCUT2D eigenvalue weighted by molar-refractivity contribution is 0.0305. The molecule has 1 N–H and O–H groups in total. The molecule has 0 aliphatic carbocycles. The number of piperidine rings is 2. The number of rotatable bonds is 2. The third-order valence-corrected chi connectivity index (χ3v) is 4.37. The highest BCUT2D eigenvalue weighted by Crippen LogP contribution is 2.35. The van der Waals surface area contributed by atoms with Crippen LogP contribution in [0.25, 0.3) is 0 Å². The molecule has 2 atom stereocenters. The van der Waals surface area contributed by atoms with Crippen LogP contribution < -0.4 is 5.32 Å². The second-order valence-electron chi connectivity index (χ2n) is 7.12. The summed E-state index contributed by atoms with van der Waals surface area (Å²) in [5.74, 6) is 0.610. The Labute approximate surface area is 116 Å². The van der Waals surface area contributed by atoms with Crippen LogP contribution in [0.15, 0.2) is 0 Å². The molecule has 0 aromatic carbocycles. The highest BCUT2D eigenvalue weighted by molar-refractivity contribution is 5.67. The molecule has 4 heteroatoms. The average molecular weight is 268 g/mol. The minimum absolute atomic E-state index is 0.281. The molecule has 0 aromatic rings. The Balaban J connectivity index is 1.77. The molecule has 0 saturated carbocycles. The van der Waals surface area contributed by atoms with Crippen molar-refractivity contribution in [3.8, 4) is 0 Å². The first kappa shape index (κ1) is 14.6. The molecule has 19 heavy (non-hydrogen) atoms. The third kappa shape index (κ3) is 4.10. The predicted octanol–water partition coefficient (Wildman–Crippen LogP) is 2.77. The summed E-state index contributed by atoms with van der Waals surface area (Å²) in [5.41, 5.74) is -0.409. The van der Waals surface area contributed by atoms with Gasteiger partial charge in [-0.25, -0.2) is 4.79 Å². The highest BCUT2D eigenvalue weighted by atomic mass is 16.6. The number of nitrogens with zero attached hydrogens (tertiary/aromatic N) is 1. The van der Waals surface area contributed by atoms with Crippen LogP contribution in [0, 0.1) is 5.92 Å². The molecule has 0 aromatic heterocycles. The molecule has 4 nitrogen and oxygen atoms in total. The Morgan fingerprint density at radius 3 is 2.37 bits per heavy atom. The van der Waals surface area contributed by atoms with E-state index in [4.69, 9.17) is 4.74 Å². The van der Waals surface area contributed by atoms with Gasteiger partial charge in [-0.3, -0.25) is 0 Å². The molecule has 2 aliphatic rings. The van der Waals surface area contributed by atoms with Gasteiger partial charge < -0.3 is 15.0 Å². The number of hydrogen-bond acceptors (Lipinski definition) is 3. The monoisotopic (exact) mass is 268 g/mol. The third-order valence-electron chi connectivity index (χ3n) is 4.37. The van der Waals surface area contributed by atoms with Crippen LogP contribution in [0.1, 0.15) is 52.9 Å². The normalized spacial score (nSPS) is 31.9. The zero-order chi connectivity index (χ0) is 14.0. The van der Waals surface area contributed by atoms with Gasteiger partial charge in [-0.15, -0.1) is 0 Å². The number of carbonyl (C=O) groups is 1. The van der Waals surface area contributed by atoms with Crippen molar-refractivity contribution < 1.29 is 9.53 Å². The van der Waals surface area contributed by atoms with Gasteiger partial charge in [0, 0.05) is 18.6 Å². The van der Waals surface area contributed by atoms with Gasteiger partial charge in [0.15, 0.2) is 0 Å². The van der Waals surface area contributed by atoms with E-state index >= 15 is 0 Å². The fourth-order valence-corrected chi connectivity index (χ4v) is 3.44. The standard InChI is InChI=1S/C15H28N2O2/c1-15(2,3)19-14(18)16-10-11-8-12-6-5-7-13(9-11)17(12)4/h11-13H,5-10H2,1-4H3,(H,16,18). The van der Waals surface area contributed by atoms with Crippen LogP contribution >= 0.6 is 0 Å². The van der Waals surface area contributed by atoms with E-state index in [2.05, 4.69) is 17.3 Å². The lowest BCUT2D eigenvalue weighted by Crippen LogP contribution is -2.51. The molecule has 2 aliphatic heterocycles. The number of hydrogen-bond donors (Lipinski definition) is 1. The van der Waals surface area contributed by atoms with Gasteiger partial charge in [-0.1, -0.05) is 6.42 Å². The predicted molar refractivity (Wildman–Crippen MR) is 76.2 cm³/mol. The second-order valence-corrected chi connectivity index (χ2v) is 7.12. The van der Waals surface area contributed by atoms with Gasteiger partial charge in [-0.2, -0.15) is 0 Å². The van der Waals surface area contributed by atoms with Crippen molar-refractivity contribution in [2.45, 2.75) is 70.6 Å². The van der Waals surface area contributed by atoms with Gasteiger partial charge in [-0.05, 0) is 59.4 Å². The Bertz CT molecular complexity index is 311. The van der Waals surface area contributed by atoms with Crippen molar-refractivity contribution in [2.24, 2.45) is 5.92 Å². The maximum Gasteiger partial charge on any atom is 0.407 e. The molecular formula is C15H28N2O2. The number of fused-ring (bicyclic) bond motifs is 2. The first-order valence-corrected chi connectivity index (χ1v) is 7.54. The van der Waals surface area contributed by atoms with Crippen LogP contribution in [0.3, 0.4) is 0 Å². The topological polar surface area (TPSA) is 41.6 Å². The van der Waals surface area contributed by atoms with Gasteiger partial charge >= 0.3 is 6.09 Å². The zero-order valence-electron chi connectivity index (χ0n) is 12.7. The molecule has 0 spiro atoms. The van der Waals surface area contributed by atoms with Crippen molar-refractivity contribution in [3.63, 3.8) is 0 Å². The van der Waals surface area contributed by atoms with Crippen molar-refractivity contribution in [3.05, 3.63) is 0 Å². The zero-order valence-corrected chi connectivity index (χ0v) is 12.7. The minimum atomic E-state index is -0.409. The van der Waals surface area contributed by atoms with E-state index in [-0.39, 0.29) is 6.09 Å². The van der Waals surface area contributed by atoms with Gasteiger partial charge in [0.05, 0.1) is 0 Å². The summed E-state index contributed by atoms with van der Waals surface area (Å²) in [5, 5.41) is 2.93. The van der Waals surface area contributed by atoms with E-state index < -0.39 is 5.60 Å². The molecular weight excluding hydrogens is 240 g/mol. The first-order chi connectivity index (χ1) is 8.85. The number of ether oxygens (including phenoxy) is 1. The smallest absolute Gasteiger partial charge is 0.407 e. The van der Waals surface area contributed by atoms with E-state index in [1.807, 2.05) is 20.8 Å². The molecule has 1 amide bonds. The number of alkyl carbamates (subject to hydrolysis) is 1. The van der Waals surface area contributed by atoms with Crippen LogP contribution in [0.2, 0.25) is 0 Å². The second kappa shape index (κ2) is 5.70. The minimum Gasteiger partial charge on any atom is -0.444 e. The van der Waals surface area contributed by atoms with E-state index in [9.17, 15) is 4.79 Å². The maximum atomic E-state index is 11.7. The summed E-state index contributed by atoms with van der Waals surface area (Å²) in [6, 6.07) is 1.44. The summed E-state index contributed by atoms with van der Waals surface area (Å²) in [4.78, 5) is 14.2. The number of nitrogens with one attached hydrogen (secondary N) is 1. The number of amides is 1. The Kier molecular flexibility index (Phi) is 4.39. The summed E-state index contributed by atoms with van der Waals surface area (Å²) >= 11 is 0. The van der Waals surface area contributed by atoms with Crippen molar-refractivity contribution in [1.29, 1.82) is 0 Å². The van der Waals surface area contributed by atoms with Crippen molar-refractivity contribution in [2.75, 3.05) is 13.6 Å². The van der Waals surface area contributed by atoms with Gasteiger partial charge in [0.25, 0.3) is 0 Å². The lowest BCUT2D eigenvalue weighted by atomic mass is 9.79. The van der Waals surface area contributed by atoms with Crippen molar-refractivity contribution in [1.82, 2.24) is 10.2 Å². The maximum absolute atomic E-state index is 11.7. The van der Waals surface area contributed by atoms with Crippen molar-refractivity contribution >= 4 is 6.09 Å². The van der Waals surface area contributed by atoms with Gasteiger partial charge in [0.2, 0.25) is 0 Å². The van der Waals surface area contributed by atoms with Gasteiger partial charge in [0.1, 0.15) is 5.60 Å². The molecule has 0 radical (unpaired) electrons. The summed E-state index contributed by atoms with van der Waals surface area (Å²) in [6.07, 6.45) is 6.14. The fourth-order valence-electron chi connectivity index (χ4n) is 3.44. The van der Waals surface area contributed by atoms with Crippen LogP contribution in [0.4, 0.5) is 4.79 Å². The van der Waals surface area contributed by atoms with Crippen LogP contribution in [0.5, 0.6) is 0 Å². The first-order valence-electron chi connectivity index (χ1n) is 7.54.